The topological polar surface area (TPSA) is 0 Å². The van der Waals surface area contributed by atoms with Crippen molar-refractivity contribution in [1.82, 2.24) is 0 Å². The Morgan fingerprint density at radius 1 is 0.375 bits per heavy atom. The molecule has 0 heterocycles. The third-order valence-corrected chi connectivity index (χ3v) is 1.75. The van der Waals surface area contributed by atoms with Crippen LogP contribution in [0.4, 0.5) is 0 Å². The van der Waals surface area contributed by atoms with E-state index >= 15 is 0 Å². The van der Waals surface area contributed by atoms with E-state index < -0.39 is 0 Å². The standard InChI is InChI=1S/C7H14.Cr/c1-2-4-6-7-5-3-1;/h1-7H2;. The van der Waals surface area contributed by atoms with Crippen molar-refractivity contribution in [2.45, 2.75) is 44.9 Å². The first-order chi connectivity index (χ1) is 3.50. The fourth-order valence-corrected chi connectivity index (χ4v) is 1.24. The van der Waals surface area contributed by atoms with Crippen molar-refractivity contribution in [1.29, 1.82) is 0 Å². The van der Waals surface area contributed by atoms with E-state index in [-0.39, 0.29) is 17.4 Å². The van der Waals surface area contributed by atoms with Crippen molar-refractivity contribution >= 4 is 0 Å². The molecule has 0 N–H and O–H groups in total. The first kappa shape index (κ1) is 8.53. The van der Waals surface area contributed by atoms with E-state index in [1.54, 1.807) is 0 Å². The summed E-state index contributed by atoms with van der Waals surface area (Å²) in [5.41, 5.74) is 0. The van der Waals surface area contributed by atoms with E-state index in [0.717, 1.165) is 0 Å². The smallest absolute Gasteiger partial charge is 0 e. The van der Waals surface area contributed by atoms with Crippen molar-refractivity contribution in [2.75, 3.05) is 0 Å². The molecule has 0 aromatic carbocycles. The molecule has 1 aliphatic carbocycles. The largest absolute Gasteiger partial charge is 0.0533 e. The van der Waals surface area contributed by atoms with E-state index in [1.165, 1.54) is 44.9 Å². The van der Waals surface area contributed by atoms with Gasteiger partial charge in [-0.25, -0.2) is 0 Å². The minimum atomic E-state index is 0. The van der Waals surface area contributed by atoms with Crippen LogP contribution in [0.3, 0.4) is 0 Å². The second kappa shape index (κ2) is 5.67. The van der Waals surface area contributed by atoms with Crippen molar-refractivity contribution < 1.29 is 17.4 Å². The molecule has 0 aliphatic heterocycles. The zero-order chi connectivity index (χ0) is 4.95. The summed E-state index contributed by atoms with van der Waals surface area (Å²) < 4.78 is 0. The Labute approximate surface area is 62.8 Å². The molecule has 8 heavy (non-hydrogen) atoms. The predicted molar refractivity (Wildman–Crippen MR) is 32.3 cm³/mol. The SMILES string of the molecule is C1CCCCCC1.[Cr]. The normalized spacial score (nSPS) is 21.0. The summed E-state index contributed by atoms with van der Waals surface area (Å²) in [5.74, 6) is 0. The molecule has 1 fully saturated rings. The Bertz CT molecular complexity index is 24.0. The van der Waals surface area contributed by atoms with E-state index in [2.05, 4.69) is 0 Å². The molecule has 1 aliphatic rings. The Balaban J connectivity index is 0.000000490. The number of hydrogen-bond donors (Lipinski definition) is 0. The molecular weight excluding hydrogens is 136 g/mol. The number of hydrogen-bond acceptors (Lipinski definition) is 0. The summed E-state index contributed by atoms with van der Waals surface area (Å²) >= 11 is 0. The predicted octanol–water partition coefficient (Wildman–Crippen LogP) is 2.73. The molecule has 0 amide bonds. The van der Waals surface area contributed by atoms with Crippen LogP contribution in [0.15, 0.2) is 0 Å². The fraction of sp³-hybridized carbons (Fsp3) is 1.00. The summed E-state index contributed by atoms with van der Waals surface area (Å²) in [7, 11) is 0. The van der Waals surface area contributed by atoms with Crippen LogP contribution in [0.5, 0.6) is 0 Å². The van der Waals surface area contributed by atoms with E-state index in [4.69, 9.17) is 0 Å². The summed E-state index contributed by atoms with van der Waals surface area (Å²) in [6.45, 7) is 0. The van der Waals surface area contributed by atoms with Gasteiger partial charge in [-0.15, -0.1) is 0 Å². The molecule has 48 valence electrons. The first-order valence-electron chi connectivity index (χ1n) is 3.50. The Morgan fingerprint density at radius 3 is 0.625 bits per heavy atom. The minimum absolute atomic E-state index is 0. The molecule has 0 nitrogen and oxygen atoms in total. The van der Waals surface area contributed by atoms with Crippen molar-refractivity contribution in [3.8, 4) is 0 Å². The van der Waals surface area contributed by atoms with Crippen LogP contribution in [0.1, 0.15) is 44.9 Å². The molecule has 1 saturated carbocycles. The summed E-state index contributed by atoms with van der Waals surface area (Å²) in [4.78, 5) is 0. The zero-order valence-electron chi connectivity index (χ0n) is 5.36. The van der Waals surface area contributed by atoms with Gasteiger partial charge in [-0.3, -0.25) is 0 Å². The molecule has 0 unspecified atom stereocenters. The van der Waals surface area contributed by atoms with Gasteiger partial charge in [0.05, 0.1) is 0 Å². The maximum Gasteiger partial charge on any atom is 0 e. The molecule has 1 heteroatoms. The molecule has 0 bridgehead atoms. The second-order valence-corrected chi connectivity index (χ2v) is 2.47. The van der Waals surface area contributed by atoms with E-state index in [9.17, 15) is 0 Å². The van der Waals surface area contributed by atoms with Gasteiger partial charge in [0.25, 0.3) is 0 Å². The van der Waals surface area contributed by atoms with Gasteiger partial charge in [0, 0.05) is 17.4 Å². The van der Waals surface area contributed by atoms with Crippen molar-refractivity contribution in [3.63, 3.8) is 0 Å². The maximum absolute atomic E-state index is 1.50. The molecule has 1 rings (SSSR count). The van der Waals surface area contributed by atoms with Crippen LogP contribution in [0.25, 0.3) is 0 Å². The molecule has 0 spiro atoms. The zero-order valence-corrected chi connectivity index (χ0v) is 6.63. The maximum atomic E-state index is 1.50. The third-order valence-electron chi connectivity index (χ3n) is 1.75. The van der Waals surface area contributed by atoms with Gasteiger partial charge in [0.15, 0.2) is 0 Å². The van der Waals surface area contributed by atoms with Crippen LogP contribution in [-0.2, 0) is 17.4 Å². The monoisotopic (exact) mass is 150 g/mol. The van der Waals surface area contributed by atoms with Crippen LogP contribution < -0.4 is 0 Å². The second-order valence-electron chi connectivity index (χ2n) is 2.47. The Hall–Kier alpha value is 0.532. The Kier molecular flexibility index (Phi) is 6.04. The van der Waals surface area contributed by atoms with Crippen LogP contribution in [-0.4, -0.2) is 0 Å². The summed E-state index contributed by atoms with van der Waals surface area (Å²) in [5, 5.41) is 0. The quantitative estimate of drug-likeness (QED) is 0.466. The summed E-state index contributed by atoms with van der Waals surface area (Å²) in [6, 6.07) is 0. The van der Waals surface area contributed by atoms with E-state index in [0.29, 0.717) is 0 Å². The average molecular weight is 150 g/mol. The van der Waals surface area contributed by atoms with E-state index in [1.807, 2.05) is 0 Å². The van der Waals surface area contributed by atoms with Crippen molar-refractivity contribution in [2.24, 2.45) is 0 Å². The van der Waals surface area contributed by atoms with Gasteiger partial charge in [-0.2, -0.15) is 0 Å². The van der Waals surface area contributed by atoms with Crippen LogP contribution >= 0.6 is 0 Å². The molecule has 0 aromatic rings. The van der Waals surface area contributed by atoms with Crippen molar-refractivity contribution in [3.05, 3.63) is 0 Å². The third kappa shape index (κ3) is 3.52. The first-order valence-corrected chi connectivity index (χ1v) is 3.50. The average Bonchev–Trinajstić information content (AvgIpc) is 1.90. The fourth-order valence-electron chi connectivity index (χ4n) is 1.24. The van der Waals surface area contributed by atoms with Gasteiger partial charge < -0.3 is 0 Å². The molecule has 0 aromatic heterocycles. The summed E-state index contributed by atoms with van der Waals surface area (Å²) in [6.07, 6.45) is 10.5. The van der Waals surface area contributed by atoms with Gasteiger partial charge in [-0.1, -0.05) is 44.9 Å². The van der Waals surface area contributed by atoms with Crippen LogP contribution in [0.2, 0.25) is 0 Å². The van der Waals surface area contributed by atoms with Gasteiger partial charge in [0.2, 0.25) is 0 Å². The van der Waals surface area contributed by atoms with Crippen LogP contribution in [0, 0.1) is 0 Å². The molecule has 0 radical (unpaired) electrons. The molecule has 0 saturated heterocycles. The van der Waals surface area contributed by atoms with Gasteiger partial charge >= 0.3 is 0 Å². The van der Waals surface area contributed by atoms with Gasteiger partial charge in [0.1, 0.15) is 0 Å². The Morgan fingerprint density at radius 2 is 0.500 bits per heavy atom. The number of rotatable bonds is 0. The minimum Gasteiger partial charge on any atom is -0.0533 e. The van der Waals surface area contributed by atoms with Gasteiger partial charge in [-0.05, 0) is 0 Å². The molecular formula is C7H14Cr. The molecule has 0 atom stereocenters.